The number of ether oxygens (including phenoxy) is 1. The minimum absolute atomic E-state index is 0.550. The van der Waals surface area contributed by atoms with Crippen molar-refractivity contribution in [3.8, 4) is 5.75 Å². The summed E-state index contributed by atoms with van der Waals surface area (Å²) in [5, 5.41) is 6.80. The fraction of sp³-hybridized carbons (Fsp3) is 0.0714. The number of anilines is 2. The van der Waals surface area contributed by atoms with Gasteiger partial charge in [-0.05, 0) is 71.2 Å². The van der Waals surface area contributed by atoms with Crippen LogP contribution in [0.3, 0.4) is 0 Å². The Hall–Kier alpha value is -1.34. The molecule has 0 bridgehead atoms. The van der Waals surface area contributed by atoms with E-state index in [1.165, 1.54) is 3.57 Å². The van der Waals surface area contributed by atoms with Crippen LogP contribution >= 0.6 is 34.8 Å². The SMILES string of the molecule is COc1cccc(NC(=S)Nc2ccc(I)cc2)c1. The van der Waals surface area contributed by atoms with Crippen LogP contribution in [0.15, 0.2) is 48.5 Å². The molecule has 3 nitrogen and oxygen atoms in total. The first-order valence-electron chi connectivity index (χ1n) is 5.65. The lowest BCUT2D eigenvalue weighted by molar-refractivity contribution is 0.415. The van der Waals surface area contributed by atoms with E-state index < -0.39 is 0 Å². The minimum atomic E-state index is 0.550. The van der Waals surface area contributed by atoms with Crippen LogP contribution in [-0.4, -0.2) is 12.2 Å². The summed E-state index contributed by atoms with van der Waals surface area (Å²) in [4.78, 5) is 0. The molecule has 0 aliphatic heterocycles. The van der Waals surface area contributed by atoms with E-state index in [4.69, 9.17) is 17.0 Å². The Balaban J connectivity index is 1.99. The molecular formula is C14H13IN2OS. The van der Waals surface area contributed by atoms with Gasteiger partial charge < -0.3 is 15.4 Å². The number of thiocarbonyl (C=S) groups is 1. The second kappa shape index (κ2) is 6.72. The largest absolute Gasteiger partial charge is 0.497 e. The highest BCUT2D eigenvalue weighted by Crippen LogP contribution is 2.17. The van der Waals surface area contributed by atoms with Crippen molar-refractivity contribution in [3.05, 3.63) is 52.1 Å². The molecule has 98 valence electrons. The normalized spacial score (nSPS) is 9.79. The summed E-state index contributed by atoms with van der Waals surface area (Å²) in [6.45, 7) is 0. The highest BCUT2D eigenvalue weighted by molar-refractivity contribution is 14.1. The van der Waals surface area contributed by atoms with Crippen LogP contribution in [0.4, 0.5) is 11.4 Å². The molecule has 0 atom stereocenters. The molecule has 5 heteroatoms. The van der Waals surface area contributed by atoms with Crippen molar-refractivity contribution in [2.24, 2.45) is 0 Å². The van der Waals surface area contributed by atoms with Crippen molar-refractivity contribution < 1.29 is 4.74 Å². The molecule has 19 heavy (non-hydrogen) atoms. The third-order valence-electron chi connectivity index (χ3n) is 2.43. The van der Waals surface area contributed by atoms with Crippen LogP contribution in [0.1, 0.15) is 0 Å². The molecule has 0 radical (unpaired) electrons. The van der Waals surface area contributed by atoms with Gasteiger partial charge in [-0.1, -0.05) is 6.07 Å². The van der Waals surface area contributed by atoms with E-state index in [0.717, 1.165) is 17.1 Å². The summed E-state index contributed by atoms with van der Waals surface area (Å²) < 4.78 is 6.35. The summed E-state index contributed by atoms with van der Waals surface area (Å²) in [5.41, 5.74) is 1.85. The molecule has 0 saturated heterocycles. The zero-order valence-corrected chi connectivity index (χ0v) is 13.3. The first-order valence-corrected chi connectivity index (χ1v) is 7.14. The maximum atomic E-state index is 5.27. The molecular weight excluding hydrogens is 371 g/mol. The molecule has 0 unspecified atom stereocenters. The Morgan fingerprint density at radius 1 is 1.05 bits per heavy atom. The van der Waals surface area contributed by atoms with Gasteiger partial charge in [0.25, 0.3) is 0 Å². The lowest BCUT2D eigenvalue weighted by Crippen LogP contribution is -2.18. The van der Waals surface area contributed by atoms with Crippen molar-refractivity contribution in [2.75, 3.05) is 17.7 Å². The number of rotatable bonds is 3. The summed E-state index contributed by atoms with van der Waals surface area (Å²) >= 11 is 7.53. The second-order valence-corrected chi connectivity index (χ2v) is 5.47. The molecule has 0 fully saturated rings. The second-order valence-electron chi connectivity index (χ2n) is 3.82. The zero-order valence-electron chi connectivity index (χ0n) is 10.3. The zero-order chi connectivity index (χ0) is 13.7. The fourth-order valence-corrected chi connectivity index (χ4v) is 2.12. The van der Waals surface area contributed by atoms with Crippen LogP contribution in [-0.2, 0) is 0 Å². The van der Waals surface area contributed by atoms with Crippen molar-refractivity contribution >= 4 is 51.3 Å². The van der Waals surface area contributed by atoms with Gasteiger partial charge in [0.1, 0.15) is 5.75 Å². The molecule has 2 N–H and O–H groups in total. The highest BCUT2D eigenvalue weighted by Gasteiger charge is 2.00. The Kier molecular flexibility index (Phi) is 4.98. The van der Waals surface area contributed by atoms with Gasteiger partial charge in [-0.25, -0.2) is 0 Å². The van der Waals surface area contributed by atoms with Crippen LogP contribution in [0, 0.1) is 3.57 Å². The van der Waals surface area contributed by atoms with Crippen molar-refractivity contribution in [3.63, 3.8) is 0 Å². The molecule has 2 aromatic rings. The van der Waals surface area contributed by atoms with Crippen LogP contribution in [0.5, 0.6) is 5.75 Å². The van der Waals surface area contributed by atoms with E-state index in [1.54, 1.807) is 7.11 Å². The minimum Gasteiger partial charge on any atom is -0.497 e. The third kappa shape index (κ3) is 4.36. The number of benzene rings is 2. The van der Waals surface area contributed by atoms with Gasteiger partial charge in [0, 0.05) is 21.0 Å². The topological polar surface area (TPSA) is 33.3 Å². The number of methoxy groups -OCH3 is 1. The Morgan fingerprint density at radius 3 is 2.42 bits per heavy atom. The monoisotopic (exact) mass is 384 g/mol. The highest BCUT2D eigenvalue weighted by atomic mass is 127. The average Bonchev–Trinajstić information content (AvgIpc) is 2.41. The van der Waals surface area contributed by atoms with Gasteiger partial charge in [0.05, 0.1) is 7.11 Å². The molecule has 2 aromatic carbocycles. The molecule has 0 saturated carbocycles. The van der Waals surface area contributed by atoms with Gasteiger partial charge >= 0.3 is 0 Å². The maximum Gasteiger partial charge on any atom is 0.175 e. The first kappa shape index (κ1) is 14.1. The van der Waals surface area contributed by atoms with Gasteiger partial charge in [-0.15, -0.1) is 0 Å². The van der Waals surface area contributed by atoms with E-state index in [-0.39, 0.29) is 0 Å². The fourth-order valence-electron chi connectivity index (χ4n) is 1.53. The molecule has 0 aliphatic carbocycles. The quantitative estimate of drug-likeness (QED) is 0.617. The van der Waals surface area contributed by atoms with E-state index in [0.29, 0.717) is 5.11 Å². The Labute approximate surface area is 131 Å². The van der Waals surface area contributed by atoms with E-state index >= 15 is 0 Å². The van der Waals surface area contributed by atoms with Gasteiger partial charge in [0.15, 0.2) is 5.11 Å². The summed E-state index contributed by atoms with van der Waals surface area (Å²) in [6.07, 6.45) is 0. The van der Waals surface area contributed by atoms with Crippen LogP contribution < -0.4 is 15.4 Å². The van der Waals surface area contributed by atoms with E-state index in [2.05, 4.69) is 33.2 Å². The van der Waals surface area contributed by atoms with Gasteiger partial charge in [-0.2, -0.15) is 0 Å². The van der Waals surface area contributed by atoms with Crippen molar-refractivity contribution in [1.29, 1.82) is 0 Å². The van der Waals surface area contributed by atoms with E-state index in [9.17, 15) is 0 Å². The van der Waals surface area contributed by atoms with Crippen molar-refractivity contribution in [1.82, 2.24) is 0 Å². The third-order valence-corrected chi connectivity index (χ3v) is 3.35. The first-order chi connectivity index (χ1) is 9.17. The van der Waals surface area contributed by atoms with Gasteiger partial charge in [-0.3, -0.25) is 0 Å². The number of hydrogen-bond donors (Lipinski definition) is 2. The predicted octanol–water partition coefficient (Wildman–Crippen LogP) is 4.11. The Morgan fingerprint density at radius 2 is 1.74 bits per heavy atom. The molecule has 0 amide bonds. The molecule has 0 spiro atoms. The van der Waals surface area contributed by atoms with Gasteiger partial charge in [0.2, 0.25) is 0 Å². The lowest BCUT2D eigenvalue weighted by atomic mass is 10.3. The van der Waals surface area contributed by atoms with E-state index in [1.807, 2.05) is 48.5 Å². The van der Waals surface area contributed by atoms with Crippen LogP contribution in [0.25, 0.3) is 0 Å². The van der Waals surface area contributed by atoms with Crippen molar-refractivity contribution in [2.45, 2.75) is 0 Å². The molecule has 0 aromatic heterocycles. The smallest absolute Gasteiger partial charge is 0.175 e. The standard InChI is InChI=1S/C14H13IN2OS/c1-18-13-4-2-3-12(9-13)17-14(19)16-11-7-5-10(15)6-8-11/h2-9H,1H3,(H2,16,17,19). The molecule has 0 aliphatic rings. The maximum absolute atomic E-state index is 5.27. The average molecular weight is 384 g/mol. The lowest BCUT2D eigenvalue weighted by Gasteiger charge is -2.11. The molecule has 2 rings (SSSR count). The summed E-state index contributed by atoms with van der Waals surface area (Å²) in [5.74, 6) is 0.794. The summed E-state index contributed by atoms with van der Waals surface area (Å²) in [6, 6.07) is 15.7. The number of halogens is 1. The number of nitrogens with one attached hydrogen (secondary N) is 2. The summed E-state index contributed by atoms with van der Waals surface area (Å²) in [7, 11) is 1.64. The molecule has 0 heterocycles. The van der Waals surface area contributed by atoms with Crippen LogP contribution in [0.2, 0.25) is 0 Å². The Bertz CT molecular complexity index is 572. The predicted molar refractivity (Wildman–Crippen MR) is 92.0 cm³/mol. The number of hydrogen-bond acceptors (Lipinski definition) is 2.